The zero-order valence-corrected chi connectivity index (χ0v) is 19.2. The van der Waals surface area contributed by atoms with Gasteiger partial charge >= 0.3 is 0 Å². The average molecular weight is 419 g/mol. The van der Waals surface area contributed by atoms with Gasteiger partial charge in [-0.15, -0.1) is 0 Å². The molecular formula is C28H34O3. The Morgan fingerprint density at radius 1 is 0.677 bits per heavy atom. The zero-order chi connectivity index (χ0) is 22.1. The summed E-state index contributed by atoms with van der Waals surface area (Å²) in [4.78, 5) is 0. The third-order valence-corrected chi connectivity index (χ3v) is 5.48. The minimum Gasteiger partial charge on any atom is -0.494 e. The molecule has 0 aromatic heterocycles. The molecule has 31 heavy (non-hydrogen) atoms. The van der Waals surface area contributed by atoms with E-state index >= 15 is 0 Å². The van der Waals surface area contributed by atoms with Gasteiger partial charge in [0.05, 0.1) is 13.2 Å². The molecule has 3 rings (SSSR count). The molecule has 0 fully saturated rings. The highest BCUT2D eigenvalue weighted by molar-refractivity contribution is 5.37. The monoisotopic (exact) mass is 418 g/mol. The van der Waals surface area contributed by atoms with Crippen LogP contribution in [0.5, 0.6) is 23.0 Å². The van der Waals surface area contributed by atoms with Gasteiger partial charge in [0.15, 0.2) is 0 Å². The summed E-state index contributed by atoms with van der Waals surface area (Å²) in [5.41, 5.74) is 2.77. The third kappa shape index (κ3) is 6.78. The van der Waals surface area contributed by atoms with Gasteiger partial charge in [0.25, 0.3) is 0 Å². The van der Waals surface area contributed by atoms with E-state index in [1.54, 1.807) is 0 Å². The van der Waals surface area contributed by atoms with Crippen LogP contribution in [0.25, 0.3) is 0 Å². The third-order valence-electron chi connectivity index (χ3n) is 5.48. The second-order valence-corrected chi connectivity index (χ2v) is 8.35. The van der Waals surface area contributed by atoms with Gasteiger partial charge in [0.2, 0.25) is 0 Å². The van der Waals surface area contributed by atoms with E-state index in [1.165, 1.54) is 11.1 Å². The fraction of sp³-hybridized carbons (Fsp3) is 0.357. The maximum absolute atomic E-state index is 6.03. The topological polar surface area (TPSA) is 27.7 Å². The predicted octanol–water partition coefficient (Wildman–Crippen LogP) is 7.58. The fourth-order valence-electron chi connectivity index (χ4n) is 3.72. The van der Waals surface area contributed by atoms with Crippen LogP contribution in [-0.2, 0) is 11.8 Å². The predicted molar refractivity (Wildman–Crippen MR) is 128 cm³/mol. The summed E-state index contributed by atoms with van der Waals surface area (Å²) in [6.45, 7) is 9.98. The maximum Gasteiger partial charge on any atom is 0.127 e. The van der Waals surface area contributed by atoms with Crippen LogP contribution >= 0.6 is 0 Å². The summed E-state index contributed by atoms with van der Waals surface area (Å²) in [6, 6.07) is 24.7. The minimum absolute atomic E-state index is 0.126. The van der Waals surface area contributed by atoms with Crippen LogP contribution in [0.3, 0.4) is 0 Å². The fourth-order valence-corrected chi connectivity index (χ4v) is 3.72. The lowest BCUT2D eigenvalue weighted by molar-refractivity contribution is 0.339. The first-order chi connectivity index (χ1) is 15.0. The molecule has 0 N–H and O–H groups in total. The molecule has 0 saturated heterocycles. The van der Waals surface area contributed by atoms with E-state index in [4.69, 9.17) is 14.2 Å². The molecular weight excluding hydrogens is 384 g/mol. The number of aryl methyl sites for hydroxylation is 1. The van der Waals surface area contributed by atoms with Crippen molar-refractivity contribution in [1.82, 2.24) is 0 Å². The lowest BCUT2D eigenvalue weighted by Gasteiger charge is -2.25. The molecule has 0 unspecified atom stereocenters. The van der Waals surface area contributed by atoms with Gasteiger partial charge < -0.3 is 14.2 Å². The van der Waals surface area contributed by atoms with E-state index in [-0.39, 0.29) is 5.41 Å². The van der Waals surface area contributed by atoms with Crippen molar-refractivity contribution in [1.29, 1.82) is 0 Å². The molecule has 3 heteroatoms. The van der Waals surface area contributed by atoms with Crippen molar-refractivity contribution < 1.29 is 14.2 Å². The van der Waals surface area contributed by atoms with E-state index in [0.29, 0.717) is 13.2 Å². The van der Waals surface area contributed by atoms with Crippen molar-refractivity contribution in [3.63, 3.8) is 0 Å². The Hall–Kier alpha value is -2.94. The standard InChI is InChI=1S/C28H34O3/c1-5-29-24-14-12-23(13-15-24)28(3,4)20-8-10-22-9-7-11-27(21-22)31-26-18-16-25(17-19-26)30-6-2/h7,9,11-19,21H,5-6,8,10,20H2,1-4H3. The van der Waals surface area contributed by atoms with Crippen LogP contribution in [-0.4, -0.2) is 13.2 Å². The molecule has 0 aliphatic rings. The Bertz CT molecular complexity index is 927. The Kier molecular flexibility index (Phi) is 8.00. The molecule has 0 aliphatic heterocycles. The maximum atomic E-state index is 6.03. The first kappa shape index (κ1) is 22.7. The van der Waals surface area contributed by atoms with Crippen molar-refractivity contribution >= 4 is 0 Å². The van der Waals surface area contributed by atoms with Gasteiger partial charge in [-0.05, 0) is 98.2 Å². The molecule has 0 aliphatic carbocycles. The summed E-state index contributed by atoms with van der Waals surface area (Å²) in [5.74, 6) is 3.48. The number of ether oxygens (including phenoxy) is 3. The molecule has 0 heterocycles. The van der Waals surface area contributed by atoms with E-state index < -0.39 is 0 Å². The van der Waals surface area contributed by atoms with E-state index in [2.05, 4.69) is 56.3 Å². The number of rotatable bonds is 11. The number of hydrogen-bond donors (Lipinski definition) is 0. The van der Waals surface area contributed by atoms with Crippen molar-refractivity contribution in [3.05, 3.63) is 83.9 Å². The molecule has 164 valence electrons. The second-order valence-electron chi connectivity index (χ2n) is 8.35. The van der Waals surface area contributed by atoms with Gasteiger partial charge in [-0.1, -0.05) is 38.1 Å². The lowest BCUT2D eigenvalue weighted by Crippen LogP contribution is -2.17. The zero-order valence-electron chi connectivity index (χ0n) is 19.2. The average Bonchev–Trinajstić information content (AvgIpc) is 2.76. The Balaban J connectivity index is 1.54. The van der Waals surface area contributed by atoms with Crippen LogP contribution in [0.4, 0.5) is 0 Å². The normalized spacial score (nSPS) is 11.2. The van der Waals surface area contributed by atoms with Crippen molar-refractivity contribution in [2.24, 2.45) is 0 Å². The molecule has 3 nitrogen and oxygen atoms in total. The van der Waals surface area contributed by atoms with Crippen molar-refractivity contribution in [2.45, 2.75) is 52.4 Å². The molecule has 3 aromatic carbocycles. The van der Waals surface area contributed by atoms with Gasteiger partial charge in [-0.2, -0.15) is 0 Å². The quantitative estimate of drug-likeness (QED) is 0.321. The van der Waals surface area contributed by atoms with Gasteiger partial charge in [-0.3, -0.25) is 0 Å². The molecule has 3 aromatic rings. The highest BCUT2D eigenvalue weighted by atomic mass is 16.5. The van der Waals surface area contributed by atoms with Crippen LogP contribution < -0.4 is 14.2 Å². The van der Waals surface area contributed by atoms with Crippen LogP contribution in [0.15, 0.2) is 72.8 Å². The largest absolute Gasteiger partial charge is 0.494 e. The van der Waals surface area contributed by atoms with Crippen LogP contribution in [0, 0.1) is 0 Å². The number of hydrogen-bond acceptors (Lipinski definition) is 3. The van der Waals surface area contributed by atoms with E-state index in [0.717, 1.165) is 42.3 Å². The molecule has 0 atom stereocenters. The van der Waals surface area contributed by atoms with E-state index in [1.807, 2.05) is 44.2 Å². The lowest BCUT2D eigenvalue weighted by atomic mass is 9.80. The Morgan fingerprint density at radius 3 is 1.87 bits per heavy atom. The van der Waals surface area contributed by atoms with Crippen LogP contribution in [0.2, 0.25) is 0 Å². The Labute approximate surface area is 187 Å². The minimum atomic E-state index is 0.126. The first-order valence-electron chi connectivity index (χ1n) is 11.2. The molecule has 0 saturated carbocycles. The highest BCUT2D eigenvalue weighted by Gasteiger charge is 2.20. The highest BCUT2D eigenvalue weighted by Crippen LogP contribution is 2.31. The molecule has 0 radical (unpaired) electrons. The molecule has 0 bridgehead atoms. The molecule has 0 amide bonds. The van der Waals surface area contributed by atoms with Gasteiger partial charge in [0, 0.05) is 0 Å². The number of benzene rings is 3. The van der Waals surface area contributed by atoms with Gasteiger partial charge in [-0.25, -0.2) is 0 Å². The smallest absolute Gasteiger partial charge is 0.127 e. The Morgan fingerprint density at radius 2 is 1.26 bits per heavy atom. The van der Waals surface area contributed by atoms with Crippen molar-refractivity contribution in [3.8, 4) is 23.0 Å². The summed E-state index contributed by atoms with van der Waals surface area (Å²) < 4.78 is 17.1. The molecule has 0 spiro atoms. The van der Waals surface area contributed by atoms with Gasteiger partial charge in [0.1, 0.15) is 23.0 Å². The van der Waals surface area contributed by atoms with E-state index in [9.17, 15) is 0 Å². The summed E-state index contributed by atoms with van der Waals surface area (Å²) in [5, 5.41) is 0. The summed E-state index contributed by atoms with van der Waals surface area (Å²) in [7, 11) is 0. The summed E-state index contributed by atoms with van der Waals surface area (Å²) >= 11 is 0. The van der Waals surface area contributed by atoms with Crippen LogP contribution in [0.1, 0.15) is 51.7 Å². The summed E-state index contributed by atoms with van der Waals surface area (Å²) in [6.07, 6.45) is 3.26. The van der Waals surface area contributed by atoms with Crippen molar-refractivity contribution in [2.75, 3.05) is 13.2 Å². The second kappa shape index (κ2) is 10.9. The SMILES string of the molecule is CCOc1ccc(Oc2cccc(CCCC(C)(C)c3ccc(OCC)cc3)c2)cc1. The first-order valence-corrected chi connectivity index (χ1v) is 11.2.